The van der Waals surface area contributed by atoms with Crippen LogP contribution in [0.5, 0.6) is 0 Å². The van der Waals surface area contributed by atoms with Crippen LogP contribution in [0.3, 0.4) is 0 Å². The van der Waals surface area contributed by atoms with Gasteiger partial charge in [-0.2, -0.15) is 0 Å². The number of imidazole rings is 1. The van der Waals surface area contributed by atoms with Crippen LogP contribution in [-0.4, -0.2) is 62.1 Å². The molecule has 0 bridgehead atoms. The summed E-state index contributed by atoms with van der Waals surface area (Å²) >= 11 is 1.46. The number of hydrogen-bond acceptors (Lipinski definition) is 6. The smallest absolute Gasteiger partial charge is 0.282 e. The molecule has 2 heterocycles. The van der Waals surface area contributed by atoms with Crippen LogP contribution in [-0.2, 0) is 13.1 Å². The van der Waals surface area contributed by atoms with Crippen molar-refractivity contribution >= 4 is 23.4 Å². The standard InChI is InChI=1S/C19H25N5O3S/c1-4-21-8-7-20-18(21)13-22-9-10-23(12-14(22)2)19(25)16-11-15(28-3)5-6-17(16)24(26)27/h5-8,11,14H,4,9-10,12-13H2,1-3H3/t14-/m1/s1. The molecular formula is C19H25N5O3S. The first-order chi connectivity index (χ1) is 13.4. The van der Waals surface area contributed by atoms with Crippen molar-refractivity contribution in [3.63, 3.8) is 0 Å². The van der Waals surface area contributed by atoms with E-state index in [1.807, 2.05) is 12.5 Å². The number of thioether (sulfide) groups is 1. The van der Waals surface area contributed by atoms with Gasteiger partial charge in [0, 0.05) is 55.6 Å². The third-order valence-electron chi connectivity index (χ3n) is 5.17. The largest absolute Gasteiger partial charge is 0.336 e. The Kier molecular flexibility index (Phi) is 6.35. The predicted molar refractivity (Wildman–Crippen MR) is 109 cm³/mol. The lowest BCUT2D eigenvalue weighted by atomic mass is 10.1. The maximum absolute atomic E-state index is 13.0. The first-order valence-electron chi connectivity index (χ1n) is 9.30. The number of carbonyl (C=O) groups is 1. The van der Waals surface area contributed by atoms with Crippen LogP contribution in [0.4, 0.5) is 5.69 Å². The fourth-order valence-corrected chi connectivity index (χ4v) is 3.96. The van der Waals surface area contributed by atoms with Gasteiger partial charge < -0.3 is 9.47 Å². The van der Waals surface area contributed by atoms with Crippen molar-refractivity contribution in [2.75, 3.05) is 25.9 Å². The number of nitro benzene ring substituents is 1. The molecule has 0 radical (unpaired) electrons. The van der Waals surface area contributed by atoms with Gasteiger partial charge in [0.15, 0.2) is 0 Å². The molecule has 1 amide bonds. The molecule has 8 nitrogen and oxygen atoms in total. The van der Waals surface area contributed by atoms with Crippen LogP contribution in [0.2, 0.25) is 0 Å². The molecule has 1 aliphatic heterocycles. The molecule has 3 rings (SSSR count). The van der Waals surface area contributed by atoms with Crippen LogP contribution < -0.4 is 0 Å². The van der Waals surface area contributed by atoms with Gasteiger partial charge in [-0.25, -0.2) is 4.98 Å². The van der Waals surface area contributed by atoms with E-state index in [4.69, 9.17) is 0 Å². The Hall–Kier alpha value is -2.39. The van der Waals surface area contributed by atoms with Gasteiger partial charge in [0.1, 0.15) is 11.4 Å². The molecule has 9 heteroatoms. The highest BCUT2D eigenvalue weighted by atomic mass is 32.2. The number of amides is 1. The van der Waals surface area contributed by atoms with Crippen LogP contribution in [0.1, 0.15) is 30.0 Å². The third-order valence-corrected chi connectivity index (χ3v) is 5.90. The van der Waals surface area contributed by atoms with E-state index in [-0.39, 0.29) is 23.2 Å². The van der Waals surface area contributed by atoms with E-state index in [1.165, 1.54) is 17.8 Å². The average molecular weight is 404 g/mol. The molecule has 1 fully saturated rings. The van der Waals surface area contributed by atoms with Crippen LogP contribution in [0, 0.1) is 10.1 Å². The average Bonchev–Trinajstić information content (AvgIpc) is 3.15. The Bertz CT molecular complexity index is 869. The SMILES string of the molecule is CCn1ccnc1CN1CCN(C(=O)c2cc(SC)ccc2[N+](=O)[O-])C[C@H]1C. The number of aryl methyl sites for hydroxylation is 1. The lowest BCUT2D eigenvalue weighted by molar-refractivity contribution is -0.385. The summed E-state index contributed by atoms with van der Waals surface area (Å²) < 4.78 is 2.11. The molecule has 0 spiro atoms. The molecule has 1 saturated heterocycles. The van der Waals surface area contributed by atoms with Gasteiger partial charge in [0.25, 0.3) is 11.6 Å². The molecule has 28 heavy (non-hydrogen) atoms. The summed E-state index contributed by atoms with van der Waals surface area (Å²) in [6.45, 7) is 7.54. The second-order valence-electron chi connectivity index (χ2n) is 6.84. The Morgan fingerprint density at radius 1 is 1.39 bits per heavy atom. The molecule has 1 aliphatic rings. The van der Waals surface area contributed by atoms with E-state index in [1.54, 1.807) is 23.2 Å². The molecule has 1 atom stereocenters. The van der Waals surface area contributed by atoms with Gasteiger partial charge in [0.05, 0.1) is 11.5 Å². The van der Waals surface area contributed by atoms with Crippen LogP contribution in [0.25, 0.3) is 0 Å². The van der Waals surface area contributed by atoms with Crippen LogP contribution in [0.15, 0.2) is 35.5 Å². The molecule has 0 saturated carbocycles. The maximum atomic E-state index is 13.0. The minimum atomic E-state index is -0.485. The summed E-state index contributed by atoms with van der Waals surface area (Å²) in [5.41, 5.74) is 0.0295. The number of piperazine rings is 1. The highest BCUT2D eigenvalue weighted by molar-refractivity contribution is 7.98. The Balaban J connectivity index is 1.73. The van der Waals surface area contributed by atoms with Crippen molar-refractivity contribution in [2.24, 2.45) is 0 Å². The summed E-state index contributed by atoms with van der Waals surface area (Å²) in [6, 6.07) is 4.86. The van der Waals surface area contributed by atoms with Gasteiger partial charge in [-0.15, -0.1) is 11.8 Å². The zero-order valence-electron chi connectivity index (χ0n) is 16.4. The first kappa shape index (κ1) is 20.3. The zero-order chi connectivity index (χ0) is 20.3. The van der Waals surface area contributed by atoms with Crippen molar-refractivity contribution in [3.05, 3.63) is 52.1 Å². The van der Waals surface area contributed by atoms with E-state index in [2.05, 4.69) is 28.3 Å². The minimum Gasteiger partial charge on any atom is -0.336 e. The quantitative estimate of drug-likeness (QED) is 0.419. The molecule has 1 aromatic carbocycles. The number of hydrogen-bond donors (Lipinski definition) is 0. The summed E-state index contributed by atoms with van der Waals surface area (Å²) in [7, 11) is 0. The number of benzene rings is 1. The van der Waals surface area contributed by atoms with Crippen LogP contribution >= 0.6 is 11.8 Å². The third kappa shape index (κ3) is 4.20. The normalized spacial score (nSPS) is 17.7. The van der Waals surface area contributed by atoms with Crippen molar-refractivity contribution in [1.29, 1.82) is 0 Å². The van der Waals surface area contributed by atoms with E-state index in [0.29, 0.717) is 19.6 Å². The number of rotatable bonds is 6. The number of nitrogens with zero attached hydrogens (tertiary/aromatic N) is 5. The molecule has 0 aliphatic carbocycles. The molecule has 0 unspecified atom stereocenters. The Morgan fingerprint density at radius 2 is 2.18 bits per heavy atom. The Labute approximate surface area is 168 Å². The monoisotopic (exact) mass is 403 g/mol. The highest BCUT2D eigenvalue weighted by Gasteiger charge is 2.31. The van der Waals surface area contributed by atoms with Crippen molar-refractivity contribution in [3.8, 4) is 0 Å². The number of aromatic nitrogens is 2. The van der Waals surface area contributed by atoms with Gasteiger partial charge in [-0.3, -0.25) is 19.8 Å². The molecule has 0 N–H and O–H groups in total. The van der Waals surface area contributed by atoms with Gasteiger partial charge in [-0.05, 0) is 32.2 Å². The summed E-state index contributed by atoms with van der Waals surface area (Å²) in [5.74, 6) is 0.738. The second-order valence-corrected chi connectivity index (χ2v) is 7.72. The van der Waals surface area contributed by atoms with Gasteiger partial charge in [0.2, 0.25) is 0 Å². The summed E-state index contributed by atoms with van der Waals surface area (Å²) in [5, 5.41) is 11.4. The van der Waals surface area contributed by atoms with Gasteiger partial charge >= 0.3 is 0 Å². The number of carbonyl (C=O) groups excluding carboxylic acids is 1. The Morgan fingerprint density at radius 3 is 2.82 bits per heavy atom. The minimum absolute atomic E-state index is 0.136. The number of nitro groups is 1. The molecule has 2 aromatic rings. The maximum Gasteiger partial charge on any atom is 0.282 e. The predicted octanol–water partition coefficient (Wildman–Crippen LogP) is 2.88. The fourth-order valence-electron chi connectivity index (χ4n) is 3.52. The first-order valence-corrected chi connectivity index (χ1v) is 10.5. The van der Waals surface area contributed by atoms with Gasteiger partial charge in [-0.1, -0.05) is 0 Å². The lowest BCUT2D eigenvalue weighted by Crippen LogP contribution is -2.53. The molecule has 150 valence electrons. The highest BCUT2D eigenvalue weighted by Crippen LogP contribution is 2.27. The fraction of sp³-hybridized carbons (Fsp3) is 0.474. The van der Waals surface area contributed by atoms with Crippen molar-refractivity contribution in [2.45, 2.75) is 37.9 Å². The van der Waals surface area contributed by atoms with Crippen molar-refractivity contribution in [1.82, 2.24) is 19.4 Å². The molecule has 1 aromatic heterocycles. The molecular weight excluding hydrogens is 378 g/mol. The second kappa shape index (κ2) is 8.74. The summed E-state index contributed by atoms with van der Waals surface area (Å²) in [4.78, 5) is 33.2. The van der Waals surface area contributed by atoms with E-state index < -0.39 is 4.92 Å². The topological polar surface area (TPSA) is 84.5 Å². The lowest BCUT2D eigenvalue weighted by Gasteiger charge is -2.39. The summed E-state index contributed by atoms with van der Waals surface area (Å²) in [6.07, 6.45) is 5.66. The van der Waals surface area contributed by atoms with E-state index >= 15 is 0 Å². The van der Waals surface area contributed by atoms with E-state index in [9.17, 15) is 14.9 Å². The van der Waals surface area contributed by atoms with Crippen molar-refractivity contribution < 1.29 is 9.72 Å². The van der Waals surface area contributed by atoms with E-state index in [0.717, 1.165) is 23.8 Å². The zero-order valence-corrected chi connectivity index (χ0v) is 17.2.